The molecule has 0 radical (unpaired) electrons. The van der Waals surface area contributed by atoms with Crippen LogP contribution in [-0.4, -0.2) is 62.7 Å². The zero-order chi connectivity index (χ0) is 12.8. The number of rotatable bonds is 5. The second-order valence-electron chi connectivity index (χ2n) is 5.81. The maximum atomic E-state index is 3.55. The first-order valence-electron chi connectivity index (χ1n) is 7.14. The monoisotopic (exact) mass is 241 g/mol. The maximum absolute atomic E-state index is 3.55. The largest absolute Gasteiger partial charge is 0.315 e. The van der Waals surface area contributed by atoms with Crippen LogP contribution in [0.2, 0.25) is 0 Å². The zero-order valence-electron chi connectivity index (χ0n) is 12.4. The second-order valence-corrected chi connectivity index (χ2v) is 5.81. The van der Waals surface area contributed by atoms with Crippen molar-refractivity contribution in [3.63, 3.8) is 0 Å². The van der Waals surface area contributed by atoms with Crippen LogP contribution in [0.4, 0.5) is 0 Å². The molecule has 0 amide bonds. The van der Waals surface area contributed by atoms with E-state index in [2.05, 4.69) is 50.1 Å². The SMILES string of the molecule is CCC(C)CC(NC)C1CN(C)CCCN1C. The molecule has 0 aliphatic carbocycles. The van der Waals surface area contributed by atoms with Crippen molar-refractivity contribution in [2.45, 2.75) is 45.2 Å². The molecule has 3 atom stereocenters. The molecule has 3 heteroatoms. The van der Waals surface area contributed by atoms with E-state index in [9.17, 15) is 0 Å². The van der Waals surface area contributed by atoms with E-state index in [-0.39, 0.29) is 0 Å². The Kier molecular flexibility index (Phi) is 6.45. The highest BCUT2D eigenvalue weighted by Crippen LogP contribution is 2.17. The minimum absolute atomic E-state index is 0.621. The van der Waals surface area contributed by atoms with Crippen LogP contribution in [0.5, 0.6) is 0 Å². The maximum Gasteiger partial charge on any atom is 0.0373 e. The smallest absolute Gasteiger partial charge is 0.0373 e. The molecule has 1 saturated heterocycles. The predicted molar refractivity (Wildman–Crippen MR) is 75.5 cm³/mol. The van der Waals surface area contributed by atoms with Gasteiger partial charge in [-0.05, 0) is 53.0 Å². The quantitative estimate of drug-likeness (QED) is 0.789. The number of likely N-dealkylation sites (N-methyl/N-ethyl adjacent to an activating group) is 3. The van der Waals surface area contributed by atoms with Crippen LogP contribution >= 0.6 is 0 Å². The van der Waals surface area contributed by atoms with Gasteiger partial charge in [-0.1, -0.05) is 20.3 Å². The first-order chi connectivity index (χ1) is 8.08. The van der Waals surface area contributed by atoms with E-state index in [1.165, 1.54) is 38.9 Å². The topological polar surface area (TPSA) is 18.5 Å². The van der Waals surface area contributed by atoms with E-state index in [0.717, 1.165) is 5.92 Å². The Bertz CT molecular complexity index is 208. The Morgan fingerprint density at radius 3 is 2.59 bits per heavy atom. The first kappa shape index (κ1) is 14.9. The molecule has 17 heavy (non-hydrogen) atoms. The highest BCUT2D eigenvalue weighted by Gasteiger charge is 2.28. The highest BCUT2D eigenvalue weighted by atomic mass is 15.2. The summed E-state index contributed by atoms with van der Waals surface area (Å²) in [6, 6.07) is 1.27. The van der Waals surface area contributed by atoms with E-state index in [1.54, 1.807) is 0 Å². The summed E-state index contributed by atoms with van der Waals surface area (Å²) in [5.41, 5.74) is 0. The normalized spacial score (nSPS) is 27.7. The van der Waals surface area contributed by atoms with Gasteiger partial charge in [0, 0.05) is 18.6 Å². The lowest BCUT2D eigenvalue weighted by atomic mass is 9.93. The summed E-state index contributed by atoms with van der Waals surface area (Å²) in [7, 11) is 6.65. The van der Waals surface area contributed by atoms with Crippen molar-refractivity contribution in [1.82, 2.24) is 15.1 Å². The van der Waals surface area contributed by atoms with Gasteiger partial charge >= 0.3 is 0 Å². The molecule has 3 unspecified atom stereocenters. The van der Waals surface area contributed by atoms with Crippen LogP contribution in [0.1, 0.15) is 33.1 Å². The van der Waals surface area contributed by atoms with Crippen molar-refractivity contribution >= 4 is 0 Å². The molecular formula is C14H31N3. The number of nitrogens with zero attached hydrogens (tertiary/aromatic N) is 2. The molecule has 0 aromatic rings. The van der Waals surface area contributed by atoms with E-state index < -0.39 is 0 Å². The number of hydrogen-bond acceptors (Lipinski definition) is 3. The van der Waals surface area contributed by atoms with Crippen LogP contribution in [0.25, 0.3) is 0 Å². The fraction of sp³-hybridized carbons (Fsp3) is 1.00. The van der Waals surface area contributed by atoms with E-state index in [1.807, 2.05) is 0 Å². The molecule has 3 nitrogen and oxygen atoms in total. The van der Waals surface area contributed by atoms with Crippen LogP contribution in [0, 0.1) is 5.92 Å². The molecule has 0 bridgehead atoms. The summed E-state index contributed by atoms with van der Waals surface area (Å²) >= 11 is 0. The van der Waals surface area contributed by atoms with Crippen molar-refractivity contribution in [1.29, 1.82) is 0 Å². The Morgan fingerprint density at radius 2 is 2.00 bits per heavy atom. The molecule has 1 heterocycles. The summed E-state index contributed by atoms with van der Waals surface area (Å²) in [6.07, 6.45) is 3.86. The van der Waals surface area contributed by atoms with Crippen molar-refractivity contribution in [3.8, 4) is 0 Å². The van der Waals surface area contributed by atoms with Gasteiger partial charge in [0.15, 0.2) is 0 Å². The fourth-order valence-electron chi connectivity index (χ4n) is 2.81. The van der Waals surface area contributed by atoms with E-state index in [4.69, 9.17) is 0 Å². The Balaban J connectivity index is 2.63. The first-order valence-corrected chi connectivity index (χ1v) is 7.14. The van der Waals surface area contributed by atoms with Crippen molar-refractivity contribution in [2.75, 3.05) is 40.8 Å². The van der Waals surface area contributed by atoms with Crippen LogP contribution in [-0.2, 0) is 0 Å². The van der Waals surface area contributed by atoms with Gasteiger partial charge in [0.05, 0.1) is 0 Å². The van der Waals surface area contributed by atoms with E-state index >= 15 is 0 Å². The predicted octanol–water partition coefficient (Wildman–Crippen LogP) is 1.65. The molecule has 102 valence electrons. The highest BCUT2D eigenvalue weighted by molar-refractivity contribution is 4.87. The summed E-state index contributed by atoms with van der Waals surface area (Å²) in [5.74, 6) is 0.814. The van der Waals surface area contributed by atoms with Gasteiger partial charge in [0.25, 0.3) is 0 Å². The van der Waals surface area contributed by atoms with Gasteiger partial charge in [-0.15, -0.1) is 0 Å². The Morgan fingerprint density at radius 1 is 1.29 bits per heavy atom. The van der Waals surface area contributed by atoms with Gasteiger partial charge in [-0.2, -0.15) is 0 Å². The fourth-order valence-corrected chi connectivity index (χ4v) is 2.81. The van der Waals surface area contributed by atoms with Gasteiger partial charge in [-0.3, -0.25) is 0 Å². The average molecular weight is 241 g/mol. The van der Waals surface area contributed by atoms with Crippen molar-refractivity contribution < 1.29 is 0 Å². The Hall–Kier alpha value is -0.120. The molecule has 0 aromatic heterocycles. The summed E-state index contributed by atoms with van der Waals surface area (Å²) < 4.78 is 0. The molecule has 0 spiro atoms. The second kappa shape index (κ2) is 7.34. The van der Waals surface area contributed by atoms with Gasteiger partial charge < -0.3 is 15.1 Å². The van der Waals surface area contributed by atoms with Crippen LogP contribution < -0.4 is 5.32 Å². The molecule has 0 aromatic carbocycles. The minimum Gasteiger partial charge on any atom is -0.315 e. The molecule has 1 N–H and O–H groups in total. The van der Waals surface area contributed by atoms with Crippen molar-refractivity contribution in [2.24, 2.45) is 5.92 Å². The molecule has 1 rings (SSSR count). The average Bonchev–Trinajstić information content (AvgIpc) is 2.48. The van der Waals surface area contributed by atoms with Gasteiger partial charge in [0.2, 0.25) is 0 Å². The standard InChI is InChI=1S/C14H31N3/c1-6-12(2)10-13(15-3)14-11-16(4)8-7-9-17(14)5/h12-15H,6-11H2,1-5H3. The molecular weight excluding hydrogens is 210 g/mol. The molecule has 1 fully saturated rings. The number of hydrogen-bond donors (Lipinski definition) is 1. The lowest BCUT2D eigenvalue weighted by Gasteiger charge is -2.35. The van der Waals surface area contributed by atoms with Crippen molar-refractivity contribution in [3.05, 3.63) is 0 Å². The van der Waals surface area contributed by atoms with E-state index in [0.29, 0.717) is 12.1 Å². The van der Waals surface area contributed by atoms with Gasteiger partial charge in [0.1, 0.15) is 0 Å². The van der Waals surface area contributed by atoms with Crippen LogP contribution in [0.15, 0.2) is 0 Å². The lowest BCUT2D eigenvalue weighted by molar-refractivity contribution is 0.167. The summed E-state index contributed by atoms with van der Waals surface area (Å²) in [4.78, 5) is 5.03. The minimum atomic E-state index is 0.621. The third-order valence-electron chi connectivity index (χ3n) is 4.30. The van der Waals surface area contributed by atoms with Gasteiger partial charge in [-0.25, -0.2) is 0 Å². The third kappa shape index (κ3) is 4.57. The number of nitrogens with one attached hydrogen (secondary N) is 1. The lowest BCUT2D eigenvalue weighted by Crippen LogP contribution is -2.51. The molecule has 1 aliphatic heterocycles. The zero-order valence-corrected chi connectivity index (χ0v) is 12.4. The Labute approximate surface area is 108 Å². The molecule has 1 aliphatic rings. The third-order valence-corrected chi connectivity index (χ3v) is 4.30. The molecule has 0 saturated carbocycles. The summed E-state index contributed by atoms with van der Waals surface area (Å²) in [6.45, 7) is 8.32. The van der Waals surface area contributed by atoms with Crippen LogP contribution in [0.3, 0.4) is 0 Å². The summed E-state index contributed by atoms with van der Waals surface area (Å²) in [5, 5.41) is 3.55.